The zero-order chi connectivity index (χ0) is 11.1. The molecule has 1 atom stereocenters. The lowest BCUT2D eigenvalue weighted by molar-refractivity contribution is 0.282. The van der Waals surface area contributed by atoms with E-state index in [1.54, 1.807) is 24.3 Å². The van der Waals surface area contributed by atoms with Gasteiger partial charge >= 0.3 is 0 Å². The summed E-state index contributed by atoms with van der Waals surface area (Å²) in [7, 11) is -1.03. The van der Waals surface area contributed by atoms with Crippen LogP contribution < -0.4 is 0 Å². The molecule has 0 spiro atoms. The predicted octanol–water partition coefficient (Wildman–Crippen LogP) is 1.59. The maximum atomic E-state index is 11.7. The van der Waals surface area contributed by atoms with E-state index in [1.807, 2.05) is 6.07 Å². The van der Waals surface area contributed by atoms with Gasteiger partial charge in [-0.25, -0.2) is 0 Å². The topological polar surface area (TPSA) is 61.1 Å². The highest BCUT2D eigenvalue weighted by atomic mass is 32.2. The van der Waals surface area contributed by atoms with Gasteiger partial charge in [-0.05, 0) is 24.1 Å². The summed E-state index contributed by atoms with van der Waals surface area (Å²) >= 11 is 0. The van der Waals surface area contributed by atoms with Gasteiger partial charge in [0.1, 0.15) is 0 Å². The molecule has 80 valence electrons. The van der Waals surface area contributed by atoms with Gasteiger partial charge in [-0.15, -0.1) is 0 Å². The highest BCUT2D eigenvalue weighted by Gasteiger charge is 2.02. The summed E-state index contributed by atoms with van der Waals surface area (Å²) in [6, 6.07) is 9.06. The van der Waals surface area contributed by atoms with Crippen molar-refractivity contribution < 1.29 is 9.32 Å². The molecule has 4 heteroatoms. The van der Waals surface area contributed by atoms with Crippen molar-refractivity contribution >= 4 is 10.8 Å². The lowest BCUT2D eigenvalue weighted by Gasteiger charge is -2.01. The fourth-order valence-electron chi connectivity index (χ4n) is 1.15. The van der Waals surface area contributed by atoms with Gasteiger partial charge in [0.05, 0.1) is 23.5 Å². The van der Waals surface area contributed by atoms with Gasteiger partial charge in [0, 0.05) is 17.1 Å². The first-order chi connectivity index (χ1) is 7.27. The lowest BCUT2D eigenvalue weighted by Crippen LogP contribution is -1.98. The lowest BCUT2D eigenvalue weighted by atomic mass is 10.2. The molecule has 0 unspecified atom stereocenters. The van der Waals surface area contributed by atoms with Gasteiger partial charge in [-0.3, -0.25) is 4.21 Å². The zero-order valence-corrected chi connectivity index (χ0v) is 9.17. The average Bonchev–Trinajstić information content (AvgIpc) is 2.29. The second kappa shape index (κ2) is 6.33. The fourth-order valence-corrected chi connectivity index (χ4v) is 2.23. The van der Waals surface area contributed by atoms with Crippen LogP contribution in [0, 0.1) is 11.3 Å². The second-order valence-electron chi connectivity index (χ2n) is 3.11. The van der Waals surface area contributed by atoms with Crippen molar-refractivity contribution in [1.82, 2.24) is 0 Å². The molecule has 0 saturated carbocycles. The molecule has 0 aliphatic rings. The van der Waals surface area contributed by atoms with Crippen LogP contribution in [0.5, 0.6) is 0 Å². The Bertz CT molecular complexity index is 367. The molecule has 15 heavy (non-hydrogen) atoms. The molecule has 0 aliphatic carbocycles. The standard InChI is InChI=1S/C11H13NO2S/c12-7-1-2-8-15(14)11-5-3-10(9-13)4-6-11/h3-6,13H,1-2,8-9H2/t15-/m1/s1. The van der Waals surface area contributed by atoms with E-state index in [4.69, 9.17) is 10.4 Å². The van der Waals surface area contributed by atoms with E-state index in [-0.39, 0.29) is 6.61 Å². The quantitative estimate of drug-likeness (QED) is 0.771. The summed E-state index contributed by atoms with van der Waals surface area (Å²) < 4.78 is 11.7. The van der Waals surface area contributed by atoms with Crippen molar-refractivity contribution in [2.45, 2.75) is 24.3 Å². The summed E-state index contributed by atoms with van der Waals surface area (Å²) in [6.45, 7) is 0.00134. The molecular weight excluding hydrogens is 210 g/mol. The van der Waals surface area contributed by atoms with E-state index < -0.39 is 10.8 Å². The second-order valence-corrected chi connectivity index (χ2v) is 4.68. The number of nitriles is 1. The third-order valence-electron chi connectivity index (χ3n) is 1.99. The molecule has 0 bridgehead atoms. The van der Waals surface area contributed by atoms with Crippen molar-refractivity contribution in [3.63, 3.8) is 0 Å². The Balaban J connectivity index is 2.55. The van der Waals surface area contributed by atoms with Gasteiger partial charge in [-0.1, -0.05) is 12.1 Å². The van der Waals surface area contributed by atoms with Crippen molar-refractivity contribution in [3.05, 3.63) is 29.8 Å². The highest BCUT2D eigenvalue weighted by Crippen LogP contribution is 2.10. The summed E-state index contributed by atoms with van der Waals surface area (Å²) in [5, 5.41) is 17.2. The first kappa shape index (κ1) is 11.9. The Morgan fingerprint density at radius 3 is 2.53 bits per heavy atom. The highest BCUT2D eigenvalue weighted by molar-refractivity contribution is 7.85. The molecule has 0 saturated heterocycles. The van der Waals surface area contributed by atoms with E-state index >= 15 is 0 Å². The molecular formula is C11H13NO2S. The Morgan fingerprint density at radius 1 is 1.33 bits per heavy atom. The van der Waals surface area contributed by atoms with Gasteiger partial charge in [-0.2, -0.15) is 5.26 Å². The van der Waals surface area contributed by atoms with E-state index in [1.165, 1.54) is 0 Å². The van der Waals surface area contributed by atoms with Crippen LogP contribution in [0.15, 0.2) is 29.2 Å². The summed E-state index contributed by atoms with van der Waals surface area (Å²) in [4.78, 5) is 0.755. The summed E-state index contributed by atoms with van der Waals surface area (Å²) in [5.41, 5.74) is 0.813. The van der Waals surface area contributed by atoms with Gasteiger partial charge in [0.2, 0.25) is 0 Å². The van der Waals surface area contributed by atoms with Crippen LogP contribution in [0.2, 0.25) is 0 Å². The minimum atomic E-state index is -1.03. The number of nitrogens with zero attached hydrogens (tertiary/aromatic N) is 1. The molecule has 0 aromatic heterocycles. The molecule has 0 fully saturated rings. The Labute approximate surface area is 91.8 Å². The molecule has 0 amide bonds. The first-order valence-electron chi connectivity index (χ1n) is 4.73. The minimum Gasteiger partial charge on any atom is -0.392 e. The smallest absolute Gasteiger partial charge is 0.0681 e. The molecule has 0 aliphatic heterocycles. The van der Waals surface area contributed by atoms with Gasteiger partial charge in [0.25, 0.3) is 0 Å². The SMILES string of the molecule is N#CCCC[S@@](=O)c1ccc(CO)cc1. The van der Waals surface area contributed by atoms with E-state index in [2.05, 4.69) is 0 Å². The largest absolute Gasteiger partial charge is 0.392 e. The number of aliphatic hydroxyl groups is 1. The van der Waals surface area contributed by atoms with Crippen molar-refractivity contribution in [2.24, 2.45) is 0 Å². The number of benzene rings is 1. The summed E-state index contributed by atoms with van der Waals surface area (Å²) in [6.07, 6.45) is 1.10. The molecule has 0 radical (unpaired) electrons. The third-order valence-corrected chi connectivity index (χ3v) is 3.44. The normalized spacial score (nSPS) is 12.0. The Morgan fingerprint density at radius 2 is 2.00 bits per heavy atom. The number of unbranched alkanes of at least 4 members (excludes halogenated alkanes) is 1. The maximum absolute atomic E-state index is 11.7. The monoisotopic (exact) mass is 223 g/mol. The van der Waals surface area contributed by atoms with Crippen LogP contribution in [0.4, 0.5) is 0 Å². The van der Waals surface area contributed by atoms with Gasteiger partial charge in [0.15, 0.2) is 0 Å². The molecule has 1 N–H and O–H groups in total. The average molecular weight is 223 g/mol. The maximum Gasteiger partial charge on any atom is 0.0681 e. The number of hydrogen-bond donors (Lipinski definition) is 1. The number of rotatable bonds is 5. The molecule has 3 nitrogen and oxygen atoms in total. The Hall–Kier alpha value is -1.18. The Kier molecular flexibility index (Phi) is 5.02. The van der Waals surface area contributed by atoms with E-state index in [0.29, 0.717) is 18.6 Å². The molecule has 1 rings (SSSR count). The van der Waals surface area contributed by atoms with Gasteiger partial charge < -0.3 is 5.11 Å². The van der Waals surface area contributed by atoms with E-state index in [0.717, 1.165) is 10.5 Å². The van der Waals surface area contributed by atoms with Crippen LogP contribution in [0.3, 0.4) is 0 Å². The van der Waals surface area contributed by atoms with Crippen LogP contribution in [-0.2, 0) is 17.4 Å². The van der Waals surface area contributed by atoms with Crippen LogP contribution in [0.25, 0.3) is 0 Å². The van der Waals surface area contributed by atoms with Crippen molar-refractivity contribution in [2.75, 3.05) is 5.75 Å². The fraction of sp³-hybridized carbons (Fsp3) is 0.364. The van der Waals surface area contributed by atoms with Crippen molar-refractivity contribution in [1.29, 1.82) is 5.26 Å². The first-order valence-corrected chi connectivity index (χ1v) is 6.05. The van der Waals surface area contributed by atoms with Crippen LogP contribution in [0.1, 0.15) is 18.4 Å². The van der Waals surface area contributed by atoms with Crippen LogP contribution >= 0.6 is 0 Å². The number of aliphatic hydroxyl groups excluding tert-OH is 1. The molecule has 1 aromatic carbocycles. The van der Waals surface area contributed by atoms with Crippen molar-refractivity contribution in [3.8, 4) is 6.07 Å². The molecule has 0 heterocycles. The number of hydrogen-bond acceptors (Lipinski definition) is 3. The zero-order valence-electron chi connectivity index (χ0n) is 8.35. The van der Waals surface area contributed by atoms with Crippen LogP contribution in [-0.4, -0.2) is 15.1 Å². The third kappa shape index (κ3) is 3.82. The molecule has 1 aromatic rings. The predicted molar refractivity (Wildman–Crippen MR) is 58.5 cm³/mol. The van der Waals surface area contributed by atoms with E-state index in [9.17, 15) is 4.21 Å². The minimum absolute atomic E-state index is 0.00134. The summed E-state index contributed by atoms with van der Waals surface area (Å²) in [5.74, 6) is 0.520.